The zero-order chi connectivity index (χ0) is 21.2. The SMILES string of the molecule is CCC(CC)C(=O)N1CCN([C@H](C(=O)NCCN(CC)CC)C2CCCC2)CC1. The second-order valence-corrected chi connectivity index (χ2v) is 8.68. The molecule has 0 spiro atoms. The highest BCUT2D eigenvalue weighted by atomic mass is 16.2. The lowest BCUT2D eigenvalue weighted by molar-refractivity contribution is -0.139. The fourth-order valence-corrected chi connectivity index (χ4v) is 5.05. The molecule has 0 aromatic rings. The molecule has 29 heavy (non-hydrogen) atoms. The summed E-state index contributed by atoms with van der Waals surface area (Å²) >= 11 is 0. The van der Waals surface area contributed by atoms with Gasteiger partial charge >= 0.3 is 0 Å². The lowest BCUT2D eigenvalue weighted by Gasteiger charge is -2.41. The minimum absolute atomic E-state index is 0.0281. The normalized spacial score (nSPS) is 19.9. The summed E-state index contributed by atoms with van der Waals surface area (Å²) in [6.07, 6.45) is 6.61. The van der Waals surface area contributed by atoms with Crippen LogP contribution in [0, 0.1) is 11.8 Å². The number of carbonyl (C=O) groups excluding carboxylic acids is 2. The molecule has 6 nitrogen and oxygen atoms in total. The summed E-state index contributed by atoms with van der Waals surface area (Å²) in [6.45, 7) is 15.3. The quantitative estimate of drug-likeness (QED) is 0.571. The van der Waals surface area contributed by atoms with Crippen molar-refractivity contribution in [2.24, 2.45) is 11.8 Å². The van der Waals surface area contributed by atoms with E-state index in [1.165, 1.54) is 12.8 Å². The molecule has 1 aliphatic heterocycles. The van der Waals surface area contributed by atoms with Gasteiger partial charge in [-0.2, -0.15) is 0 Å². The zero-order valence-corrected chi connectivity index (χ0v) is 19.3. The van der Waals surface area contributed by atoms with Crippen LogP contribution in [0.5, 0.6) is 0 Å². The van der Waals surface area contributed by atoms with E-state index in [0.717, 1.165) is 78.0 Å². The molecule has 1 saturated heterocycles. The van der Waals surface area contributed by atoms with Gasteiger partial charge in [-0.05, 0) is 44.7 Å². The molecule has 0 unspecified atom stereocenters. The molecule has 0 aromatic heterocycles. The second kappa shape index (κ2) is 12.5. The van der Waals surface area contributed by atoms with Crippen LogP contribution in [0.15, 0.2) is 0 Å². The molecule has 0 aromatic carbocycles. The van der Waals surface area contributed by atoms with Crippen molar-refractivity contribution in [2.75, 3.05) is 52.4 Å². The molecule has 0 bridgehead atoms. The maximum Gasteiger partial charge on any atom is 0.237 e. The Labute approximate surface area is 178 Å². The first kappa shape index (κ1) is 24.1. The molecule has 1 aliphatic carbocycles. The molecule has 6 heteroatoms. The van der Waals surface area contributed by atoms with Gasteiger partial charge in [0.05, 0.1) is 6.04 Å². The molecular weight excluding hydrogens is 364 g/mol. The maximum atomic E-state index is 13.2. The summed E-state index contributed by atoms with van der Waals surface area (Å²) in [5.74, 6) is 1.11. The summed E-state index contributed by atoms with van der Waals surface area (Å²) in [4.78, 5) is 32.6. The Bertz CT molecular complexity index is 491. The van der Waals surface area contributed by atoms with Crippen molar-refractivity contribution in [2.45, 2.75) is 72.3 Å². The number of likely N-dealkylation sites (N-methyl/N-ethyl adjacent to an activating group) is 1. The van der Waals surface area contributed by atoms with Crippen LogP contribution in [-0.4, -0.2) is 84.9 Å². The fourth-order valence-electron chi connectivity index (χ4n) is 5.05. The molecule has 0 radical (unpaired) electrons. The first-order chi connectivity index (χ1) is 14.0. The van der Waals surface area contributed by atoms with Gasteiger partial charge in [-0.1, -0.05) is 40.5 Å². The van der Waals surface area contributed by atoms with E-state index >= 15 is 0 Å². The number of hydrogen-bond acceptors (Lipinski definition) is 4. The Hall–Kier alpha value is -1.14. The van der Waals surface area contributed by atoms with Crippen molar-refractivity contribution in [3.05, 3.63) is 0 Å². The Morgan fingerprint density at radius 1 is 0.966 bits per heavy atom. The van der Waals surface area contributed by atoms with E-state index < -0.39 is 0 Å². The highest BCUT2D eigenvalue weighted by molar-refractivity contribution is 5.82. The molecule has 2 fully saturated rings. The maximum absolute atomic E-state index is 13.2. The summed E-state index contributed by atoms with van der Waals surface area (Å²) in [5, 5.41) is 3.22. The van der Waals surface area contributed by atoms with Gasteiger partial charge in [0.15, 0.2) is 0 Å². The standard InChI is InChI=1S/C23H44N4O2/c1-5-19(6-2)23(29)27-17-15-26(16-18-27)21(20-11-9-10-12-20)22(28)24-13-14-25(7-3)8-4/h19-21H,5-18H2,1-4H3,(H,24,28)/t21-/m0/s1. The van der Waals surface area contributed by atoms with Gasteiger partial charge in [-0.3, -0.25) is 14.5 Å². The predicted octanol–water partition coefficient (Wildman–Crippen LogP) is 2.58. The number of rotatable bonds is 11. The molecular formula is C23H44N4O2. The smallest absolute Gasteiger partial charge is 0.237 e. The van der Waals surface area contributed by atoms with Crippen molar-refractivity contribution >= 4 is 11.8 Å². The topological polar surface area (TPSA) is 55.9 Å². The second-order valence-electron chi connectivity index (χ2n) is 8.68. The van der Waals surface area contributed by atoms with E-state index in [-0.39, 0.29) is 17.9 Å². The van der Waals surface area contributed by atoms with E-state index in [0.29, 0.717) is 11.8 Å². The fraction of sp³-hybridized carbons (Fsp3) is 0.913. The largest absolute Gasteiger partial charge is 0.353 e. The molecule has 2 aliphatic rings. The van der Waals surface area contributed by atoms with Crippen LogP contribution in [0.2, 0.25) is 0 Å². The lowest BCUT2D eigenvalue weighted by atomic mass is 9.94. The van der Waals surface area contributed by atoms with E-state index in [2.05, 4.69) is 42.8 Å². The number of nitrogens with one attached hydrogen (secondary N) is 1. The molecule has 1 heterocycles. The van der Waals surface area contributed by atoms with Crippen LogP contribution < -0.4 is 5.32 Å². The minimum atomic E-state index is -0.0281. The van der Waals surface area contributed by atoms with Crippen molar-refractivity contribution in [1.82, 2.24) is 20.0 Å². The van der Waals surface area contributed by atoms with Crippen LogP contribution in [0.1, 0.15) is 66.2 Å². The molecule has 168 valence electrons. The third-order valence-electron chi connectivity index (χ3n) is 7.09. The molecule has 2 rings (SSSR count). The van der Waals surface area contributed by atoms with Crippen LogP contribution in [-0.2, 0) is 9.59 Å². The van der Waals surface area contributed by atoms with Gasteiger partial charge in [-0.25, -0.2) is 0 Å². The summed E-state index contributed by atoms with van der Waals surface area (Å²) in [6, 6.07) is -0.0281. The summed E-state index contributed by atoms with van der Waals surface area (Å²) in [7, 11) is 0. The van der Waals surface area contributed by atoms with Gasteiger partial charge in [0.1, 0.15) is 0 Å². The third kappa shape index (κ3) is 6.68. The highest BCUT2D eigenvalue weighted by Crippen LogP contribution is 2.31. The Kier molecular flexibility index (Phi) is 10.4. The average Bonchev–Trinajstić information content (AvgIpc) is 3.27. The van der Waals surface area contributed by atoms with E-state index in [1.807, 2.05) is 4.90 Å². The zero-order valence-electron chi connectivity index (χ0n) is 19.3. The molecule has 1 N–H and O–H groups in total. The van der Waals surface area contributed by atoms with Crippen LogP contribution in [0.4, 0.5) is 0 Å². The predicted molar refractivity (Wildman–Crippen MR) is 119 cm³/mol. The van der Waals surface area contributed by atoms with Crippen LogP contribution in [0.25, 0.3) is 0 Å². The van der Waals surface area contributed by atoms with Crippen LogP contribution in [0.3, 0.4) is 0 Å². The minimum Gasteiger partial charge on any atom is -0.353 e. The Balaban J connectivity index is 1.93. The highest BCUT2D eigenvalue weighted by Gasteiger charge is 2.37. The van der Waals surface area contributed by atoms with Crippen molar-refractivity contribution in [3.8, 4) is 0 Å². The third-order valence-corrected chi connectivity index (χ3v) is 7.09. The number of hydrogen-bond donors (Lipinski definition) is 1. The molecule has 2 amide bonds. The van der Waals surface area contributed by atoms with Gasteiger partial charge in [0.2, 0.25) is 11.8 Å². The summed E-state index contributed by atoms with van der Waals surface area (Å²) in [5.41, 5.74) is 0. The van der Waals surface area contributed by atoms with Crippen molar-refractivity contribution in [3.63, 3.8) is 0 Å². The van der Waals surface area contributed by atoms with Crippen molar-refractivity contribution < 1.29 is 9.59 Å². The number of amides is 2. The van der Waals surface area contributed by atoms with Gasteiger partial charge < -0.3 is 15.1 Å². The van der Waals surface area contributed by atoms with E-state index in [4.69, 9.17) is 0 Å². The monoisotopic (exact) mass is 408 g/mol. The molecule has 1 atom stereocenters. The first-order valence-corrected chi connectivity index (χ1v) is 12.1. The first-order valence-electron chi connectivity index (χ1n) is 12.1. The lowest BCUT2D eigenvalue weighted by Crippen LogP contribution is -2.58. The van der Waals surface area contributed by atoms with Gasteiger partial charge in [0, 0.05) is 45.2 Å². The van der Waals surface area contributed by atoms with E-state index in [9.17, 15) is 9.59 Å². The van der Waals surface area contributed by atoms with Gasteiger partial charge in [-0.15, -0.1) is 0 Å². The van der Waals surface area contributed by atoms with E-state index in [1.54, 1.807) is 0 Å². The van der Waals surface area contributed by atoms with Gasteiger partial charge in [0.25, 0.3) is 0 Å². The number of carbonyl (C=O) groups is 2. The number of nitrogens with zero attached hydrogens (tertiary/aromatic N) is 3. The Morgan fingerprint density at radius 3 is 2.07 bits per heavy atom. The van der Waals surface area contributed by atoms with Crippen molar-refractivity contribution in [1.29, 1.82) is 0 Å². The number of piperazine rings is 1. The Morgan fingerprint density at radius 2 is 1.55 bits per heavy atom. The average molecular weight is 409 g/mol. The summed E-state index contributed by atoms with van der Waals surface area (Å²) < 4.78 is 0. The molecule has 1 saturated carbocycles. The van der Waals surface area contributed by atoms with Crippen LogP contribution >= 0.6 is 0 Å².